The van der Waals surface area contributed by atoms with Crippen molar-refractivity contribution in [2.24, 2.45) is 0 Å². The number of nitrogens with one attached hydrogen (secondary N) is 1. The highest BCUT2D eigenvalue weighted by molar-refractivity contribution is 7.65. The second kappa shape index (κ2) is 9.13. The van der Waals surface area contributed by atoms with Crippen molar-refractivity contribution < 1.29 is 14.3 Å². The van der Waals surface area contributed by atoms with Crippen molar-refractivity contribution in [1.82, 2.24) is 0 Å². The topological polar surface area (TPSA) is 92.4 Å². The molecule has 1 atom stereocenters. The van der Waals surface area contributed by atoms with E-state index in [9.17, 15) is 14.3 Å². The van der Waals surface area contributed by atoms with Gasteiger partial charge in [0.1, 0.15) is 0 Å². The van der Waals surface area contributed by atoms with Crippen LogP contribution >= 0.6 is 18.7 Å². The zero-order valence-corrected chi connectivity index (χ0v) is 19.2. The van der Waals surface area contributed by atoms with Gasteiger partial charge in [0.2, 0.25) is 7.37 Å². The van der Waals surface area contributed by atoms with Crippen LogP contribution < -0.4 is 16.4 Å². The molecule has 32 heavy (non-hydrogen) atoms. The molecule has 0 fully saturated rings. The van der Waals surface area contributed by atoms with Gasteiger partial charge in [-0.25, -0.2) is 0 Å². The van der Waals surface area contributed by atoms with E-state index < -0.39 is 7.37 Å². The lowest BCUT2D eigenvalue weighted by Crippen LogP contribution is -2.14. The molecule has 1 amide bonds. The summed E-state index contributed by atoms with van der Waals surface area (Å²) in [6.45, 7) is 1.34. The summed E-state index contributed by atoms with van der Waals surface area (Å²) in [5.74, 6) is -0.265. The molecule has 3 aromatic carbocycles. The molecule has 4 aromatic rings. The maximum Gasteiger partial charge on any atom is 0.255 e. The monoisotopic (exact) mass is 462 g/mol. The molecule has 0 aliphatic heterocycles. The fourth-order valence-electron chi connectivity index (χ4n) is 3.56. The zero-order chi connectivity index (χ0) is 22.7. The Hall–Kier alpha value is -3.18. The van der Waals surface area contributed by atoms with Crippen LogP contribution in [-0.4, -0.2) is 17.5 Å². The quantitative estimate of drug-likeness (QED) is 0.265. The van der Waals surface area contributed by atoms with Gasteiger partial charge in [-0.3, -0.25) is 9.36 Å². The first-order chi connectivity index (χ1) is 15.3. The number of anilines is 2. The van der Waals surface area contributed by atoms with Gasteiger partial charge in [0.25, 0.3) is 5.91 Å². The first kappa shape index (κ1) is 22.0. The molecule has 1 unspecified atom stereocenters. The van der Waals surface area contributed by atoms with Crippen LogP contribution in [0.15, 0.2) is 84.2 Å². The first-order valence-electron chi connectivity index (χ1n) is 10.0. The van der Waals surface area contributed by atoms with Crippen molar-refractivity contribution in [2.45, 2.75) is 6.42 Å². The van der Waals surface area contributed by atoms with Crippen molar-refractivity contribution in [3.8, 4) is 10.4 Å². The zero-order valence-electron chi connectivity index (χ0n) is 17.5. The number of thiophene rings is 1. The van der Waals surface area contributed by atoms with Crippen LogP contribution in [0.1, 0.15) is 21.5 Å². The predicted octanol–water partition coefficient (Wildman–Crippen LogP) is 5.37. The summed E-state index contributed by atoms with van der Waals surface area (Å²) >= 11 is 1.62. The van der Waals surface area contributed by atoms with Crippen LogP contribution in [0.4, 0.5) is 11.4 Å². The van der Waals surface area contributed by atoms with Gasteiger partial charge >= 0.3 is 0 Å². The number of carbonyl (C=O) groups is 1. The summed E-state index contributed by atoms with van der Waals surface area (Å²) in [7, 11) is -3.39. The van der Waals surface area contributed by atoms with Gasteiger partial charge in [0.05, 0.1) is 11.4 Å². The van der Waals surface area contributed by atoms with Gasteiger partial charge in [-0.15, -0.1) is 11.3 Å². The lowest BCUT2D eigenvalue weighted by Gasteiger charge is -2.13. The third-order valence-electron chi connectivity index (χ3n) is 5.13. The summed E-state index contributed by atoms with van der Waals surface area (Å²) in [4.78, 5) is 24.1. The Morgan fingerprint density at radius 1 is 1.03 bits per heavy atom. The van der Waals surface area contributed by atoms with Gasteiger partial charge in [-0.05, 0) is 64.9 Å². The Balaban J connectivity index is 1.57. The minimum atomic E-state index is -3.39. The molecule has 1 heterocycles. The van der Waals surface area contributed by atoms with Crippen LogP contribution in [-0.2, 0) is 11.0 Å². The Kier molecular flexibility index (Phi) is 6.28. The van der Waals surface area contributed by atoms with E-state index in [0.717, 1.165) is 21.6 Å². The molecule has 1 aromatic heterocycles. The highest BCUT2D eigenvalue weighted by Crippen LogP contribution is 2.36. The molecule has 4 N–H and O–H groups in total. The molecular weight excluding hydrogens is 439 g/mol. The second-order valence-electron chi connectivity index (χ2n) is 7.62. The number of nitrogen functional groups attached to an aromatic ring is 1. The number of carbonyl (C=O) groups excluding carboxylic acids is 1. The van der Waals surface area contributed by atoms with Gasteiger partial charge in [0.15, 0.2) is 0 Å². The van der Waals surface area contributed by atoms with Crippen molar-refractivity contribution in [3.63, 3.8) is 0 Å². The van der Waals surface area contributed by atoms with E-state index >= 15 is 0 Å². The molecule has 0 saturated heterocycles. The third-order valence-corrected chi connectivity index (χ3v) is 7.38. The fourth-order valence-corrected chi connectivity index (χ4v) is 5.34. The normalized spacial score (nSPS) is 12.8. The van der Waals surface area contributed by atoms with E-state index in [0.29, 0.717) is 28.7 Å². The Morgan fingerprint density at radius 3 is 2.59 bits per heavy atom. The largest absolute Gasteiger partial charge is 0.397 e. The Morgan fingerprint density at radius 2 is 1.84 bits per heavy atom. The molecule has 7 heteroatoms. The summed E-state index contributed by atoms with van der Waals surface area (Å²) in [5.41, 5.74) is 10.3. The van der Waals surface area contributed by atoms with E-state index in [2.05, 4.69) is 5.32 Å². The van der Waals surface area contributed by atoms with Crippen LogP contribution in [0.2, 0.25) is 0 Å². The molecule has 0 radical (unpaired) electrons. The molecule has 4 rings (SSSR count). The number of rotatable bonds is 6. The van der Waals surface area contributed by atoms with Crippen LogP contribution in [0.5, 0.6) is 0 Å². The van der Waals surface area contributed by atoms with E-state index in [-0.39, 0.29) is 5.91 Å². The fraction of sp³-hybridized carbons (Fsp3) is 0.0800. The van der Waals surface area contributed by atoms with Crippen molar-refractivity contribution in [2.75, 3.05) is 17.7 Å². The van der Waals surface area contributed by atoms with Gasteiger partial charge < -0.3 is 15.9 Å². The second-order valence-corrected chi connectivity index (χ2v) is 10.8. The summed E-state index contributed by atoms with van der Waals surface area (Å²) in [6, 6.07) is 23.9. The molecular formula is C25H23N2O3PS. The average Bonchev–Trinajstić information content (AvgIpc) is 3.30. The highest BCUT2D eigenvalue weighted by atomic mass is 32.1. The minimum Gasteiger partial charge on any atom is -0.397 e. The molecule has 0 saturated carbocycles. The molecule has 162 valence electrons. The van der Waals surface area contributed by atoms with E-state index in [1.165, 1.54) is 6.66 Å². The Labute approximate surface area is 191 Å². The minimum absolute atomic E-state index is 0.265. The van der Waals surface area contributed by atoms with Crippen molar-refractivity contribution >= 4 is 41.3 Å². The number of benzene rings is 3. The maximum atomic E-state index is 12.9. The summed E-state index contributed by atoms with van der Waals surface area (Å²) in [6.07, 6.45) is 0.450. The van der Waals surface area contributed by atoms with Crippen molar-refractivity contribution in [3.05, 3.63) is 101 Å². The van der Waals surface area contributed by atoms with Gasteiger partial charge in [-0.1, -0.05) is 42.5 Å². The molecule has 0 bridgehead atoms. The lowest BCUT2D eigenvalue weighted by molar-refractivity contribution is 0.102. The summed E-state index contributed by atoms with van der Waals surface area (Å²) < 4.78 is 12.2. The number of nitrogens with two attached hydrogens (primary N) is 1. The third kappa shape index (κ3) is 5.00. The molecule has 5 nitrogen and oxygen atoms in total. The number of hydrogen-bond donors (Lipinski definition) is 3. The van der Waals surface area contributed by atoms with Crippen molar-refractivity contribution in [1.29, 1.82) is 0 Å². The van der Waals surface area contributed by atoms with E-state index in [1.54, 1.807) is 41.7 Å². The van der Waals surface area contributed by atoms with E-state index in [4.69, 9.17) is 5.73 Å². The predicted molar refractivity (Wildman–Crippen MR) is 133 cm³/mol. The molecule has 0 aliphatic rings. The molecule has 0 aliphatic carbocycles. The van der Waals surface area contributed by atoms with Crippen LogP contribution in [0.3, 0.4) is 0 Å². The molecule has 0 spiro atoms. The number of hydrogen-bond acceptors (Lipinski definition) is 4. The van der Waals surface area contributed by atoms with Crippen LogP contribution in [0.25, 0.3) is 10.4 Å². The SMILES string of the molecule is CP(=O)(O)c1ccccc1Cc1cccc(C(=O)Nc2cc(-c3cccs3)ccc2N)c1. The maximum absolute atomic E-state index is 12.9. The van der Waals surface area contributed by atoms with Crippen LogP contribution in [0, 0.1) is 0 Å². The smallest absolute Gasteiger partial charge is 0.255 e. The first-order valence-corrected chi connectivity index (χ1v) is 13.0. The Bertz CT molecular complexity index is 1310. The number of amides is 1. The van der Waals surface area contributed by atoms with Gasteiger partial charge in [0, 0.05) is 22.4 Å². The summed E-state index contributed by atoms with van der Waals surface area (Å²) in [5, 5.41) is 5.35. The standard InChI is InChI=1S/C25H23N2O3PS/c1-31(29,30)23-9-3-2-7-18(23)14-17-6-4-8-20(15-17)25(28)27-22-16-19(11-12-21(22)26)24-10-5-13-32-24/h2-13,15-16H,14,26H2,1H3,(H,27,28)(H,29,30). The lowest BCUT2D eigenvalue weighted by atomic mass is 10.0. The van der Waals surface area contributed by atoms with Gasteiger partial charge in [-0.2, -0.15) is 0 Å². The highest BCUT2D eigenvalue weighted by Gasteiger charge is 2.18. The van der Waals surface area contributed by atoms with E-state index in [1.807, 2.05) is 53.9 Å². The average molecular weight is 463 g/mol.